The maximum absolute atomic E-state index is 11.5. The lowest BCUT2D eigenvalue weighted by atomic mass is 9.90. The molecule has 0 aliphatic carbocycles. The Hall–Kier alpha value is -2.08. The Kier molecular flexibility index (Phi) is 9.00. The normalized spacial score (nSPS) is 21.6. The minimum Gasteiger partial charge on any atom is -0.369 e. The van der Waals surface area contributed by atoms with Crippen LogP contribution in [-0.2, 0) is 11.2 Å². The first-order valence-electron chi connectivity index (χ1n) is 11.7. The summed E-state index contributed by atoms with van der Waals surface area (Å²) in [5.74, 6) is 1.70. The van der Waals surface area contributed by atoms with Crippen molar-refractivity contribution in [3.8, 4) is 0 Å². The van der Waals surface area contributed by atoms with E-state index in [1.807, 2.05) is 0 Å². The molecule has 2 heterocycles. The number of hydrogen-bond donors (Lipinski definition) is 2. The largest absolute Gasteiger partial charge is 0.369 e. The highest BCUT2D eigenvalue weighted by Gasteiger charge is 2.24. The second-order valence-electron chi connectivity index (χ2n) is 8.75. The Morgan fingerprint density at radius 2 is 1.93 bits per heavy atom. The molecule has 0 spiro atoms. The van der Waals surface area contributed by atoms with E-state index < -0.39 is 0 Å². The molecule has 1 aromatic carbocycles. The van der Waals surface area contributed by atoms with E-state index in [0.717, 1.165) is 77.0 Å². The first-order chi connectivity index (χ1) is 14.7. The van der Waals surface area contributed by atoms with Gasteiger partial charge in [-0.3, -0.25) is 9.79 Å². The molecular formula is C24H39N5O. The molecule has 3 N–H and O–H groups in total. The Labute approximate surface area is 181 Å². The monoisotopic (exact) mass is 413 g/mol. The summed E-state index contributed by atoms with van der Waals surface area (Å²) in [6.45, 7) is 8.89. The fourth-order valence-corrected chi connectivity index (χ4v) is 4.69. The number of aliphatic imine (C=N–C) groups is 1. The fraction of sp³-hybridized carbons (Fsp3) is 0.667. The fourth-order valence-electron chi connectivity index (χ4n) is 4.69. The van der Waals surface area contributed by atoms with Gasteiger partial charge < -0.3 is 20.9 Å². The van der Waals surface area contributed by atoms with Gasteiger partial charge in [-0.25, -0.2) is 0 Å². The summed E-state index contributed by atoms with van der Waals surface area (Å²) < 4.78 is 0. The summed E-state index contributed by atoms with van der Waals surface area (Å²) >= 11 is 0. The molecule has 1 unspecified atom stereocenters. The average Bonchev–Trinajstić information content (AvgIpc) is 2.77. The number of nitrogens with two attached hydrogens (primary N) is 1. The second kappa shape index (κ2) is 11.9. The number of hydrogen-bond acceptors (Lipinski definition) is 3. The summed E-state index contributed by atoms with van der Waals surface area (Å²) in [6, 6.07) is 10.8. The van der Waals surface area contributed by atoms with E-state index in [-0.39, 0.29) is 11.8 Å². The van der Waals surface area contributed by atoms with Gasteiger partial charge >= 0.3 is 0 Å². The third-order valence-corrected chi connectivity index (χ3v) is 6.42. The molecule has 1 aromatic rings. The number of likely N-dealkylation sites (tertiary alicyclic amines) is 2. The summed E-state index contributed by atoms with van der Waals surface area (Å²) in [5, 5.41) is 3.48. The van der Waals surface area contributed by atoms with Gasteiger partial charge in [0.15, 0.2) is 5.96 Å². The molecule has 6 nitrogen and oxygen atoms in total. The maximum Gasteiger partial charge on any atom is 0.221 e. The molecule has 30 heavy (non-hydrogen) atoms. The standard InChI is InChI=1S/C24H39N5O/c1-2-26-24(27-13-7-15-28-14-6-10-22(19-28)23(25)30)29-16-11-21(12-17-29)18-20-8-4-3-5-9-20/h3-5,8-9,21-22H,2,6-7,10-19H2,1H3,(H2,25,30)(H,26,27). The minimum atomic E-state index is -0.150. The number of piperidine rings is 2. The Morgan fingerprint density at radius 1 is 1.17 bits per heavy atom. The van der Waals surface area contributed by atoms with Gasteiger partial charge in [-0.15, -0.1) is 0 Å². The van der Waals surface area contributed by atoms with Gasteiger partial charge in [0.1, 0.15) is 0 Å². The molecule has 0 radical (unpaired) electrons. The SMILES string of the molecule is CCNC(=NCCCN1CCCC(C(N)=O)C1)N1CCC(Cc2ccccc2)CC1. The smallest absolute Gasteiger partial charge is 0.221 e. The zero-order valence-corrected chi connectivity index (χ0v) is 18.6. The molecule has 1 amide bonds. The summed E-state index contributed by atoms with van der Waals surface area (Å²) in [5.41, 5.74) is 6.94. The van der Waals surface area contributed by atoms with Gasteiger partial charge in [0, 0.05) is 32.7 Å². The van der Waals surface area contributed by atoms with Crippen molar-refractivity contribution >= 4 is 11.9 Å². The molecule has 1 atom stereocenters. The molecule has 2 aliphatic rings. The molecular weight excluding hydrogens is 374 g/mol. The second-order valence-corrected chi connectivity index (χ2v) is 8.75. The van der Waals surface area contributed by atoms with Crippen LogP contribution >= 0.6 is 0 Å². The van der Waals surface area contributed by atoms with E-state index in [1.54, 1.807) is 0 Å². The van der Waals surface area contributed by atoms with Crippen LogP contribution < -0.4 is 11.1 Å². The van der Waals surface area contributed by atoms with Crippen LogP contribution in [0.2, 0.25) is 0 Å². The highest BCUT2D eigenvalue weighted by Crippen LogP contribution is 2.22. The van der Waals surface area contributed by atoms with Crippen molar-refractivity contribution in [2.45, 2.75) is 45.4 Å². The van der Waals surface area contributed by atoms with Gasteiger partial charge in [0.05, 0.1) is 5.92 Å². The number of rotatable bonds is 8. The van der Waals surface area contributed by atoms with Gasteiger partial charge in [0.2, 0.25) is 5.91 Å². The van der Waals surface area contributed by atoms with Crippen molar-refractivity contribution < 1.29 is 4.79 Å². The van der Waals surface area contributed by atoms with Crippen LogP contribution in [0.1, 0.15) is 44.6 Å². The first-order valence-corrected chi connectivity index (χ1v) is 11.7. The molecule has 2 saturated heterocycles. The average molecular weight is 414 g/mol. The van der Waals surface area contributed by atoms with Crippen molar-refractivity contribution in [2.75, 3.05) is 45.8 Å². The van der Waals surface area contributed by atoms with Crippen LogP contribution in [0, 0.1) is 11.8 Å². The highest BCUT2D eigenvalue weighted by molar-refractivity contribution is 5.80. The maximum atomic E-state index is 11.5. The number of amides is 1. The number of carbonyl (C=O) groups is 1. The van der Waals surface area contributed by atoms with Gasteiger partial charge in [-0.05, 0) is 70.0 Å². The van der Waals surface area contributed by atoms with E-state index in [2.05, 4.69) is 52.4 Å². The van der Waals surface area contributed by atoms with Crippen molar-refractivity contribution in [1.82, 2.24) is 15.1 Å². The molecule has 166 valence electrons. The molecule has 2 fully saturated rings. The van der Waals surface area contributed by atoms with Gasteiger partial charge in [0.25, 0.3) is 0 Å². The van der Waals surface area contributed by atoms with Crippen molar-refractivity contribution in [3.63, 3.8) is 0 Å². The lowest BCUT2D eigenvalue weighted by Crippen LogP contribution is -2.46. The van der Waals surface area contributed by atoms with Crippen LogP contribution in [-0.4, -0.2) is 67.5 Å². The zero-order chi connectivity index (χ0) is 21.2. The Balaban J connectivity index is 1.41. The predicted octanol–water partition coefficient (Wildman–Crippen LogP) is 2.49. The third-order valence-electron chi connectivity index (χ3n) is 6.42. The van der Waals surface area contributed by atoms with E-state index in [4.69, 9.17) is 10.7 Å². The molecule has 3 rings (SSSR count). The number of guanidine groups is 1. The highest BCUT2D eigenvalue weighted by atomic mass is 16.1. The lowest BCUT2D eigenvalue weighted by molar-refractivity contribution is -0.123. The number of carbonyl (C=O) groups excluding carboxylic acids is 1. The molecule has 6 heteroatoms. The molecule has 2 aliphatic heterocycles. The van der Waals surface area contributed by atoms with Crippen molar-refractivity contribution in [3.05, 3.63) is 35.9 Å². The van der Waals surface area contributed by atoms with E-state index in [0.29, 0.717) is 0 Å². The molecule has 0 saturated carbocycles. The Bertz CT molecular complexity index is 669. The van der Waals surface area contributed by atoms with Gasteiger partial charge in [-0.2, -0.15) is 0 Å². The van der Waals surface area contributed by atoms with Gasteiger partial charge in [-0.1, -0.05) is 30.3 Å². The van der Waals surface area contributed by atoms with E-state index in [9.17, 15) is 4.79 Å². The summed E-state index contributed by atoms with van der Waals surface area (Å²) in [6.07, 6.45) is 6.66. The number of primary amides is 1. The van der Waals surface area contributed by atoms with Crippen LogP contribution in [0.5, 0.6) is 0 Å². The van der Waals surface area contributed by atoms with Crippen molar-refractivity contribution in [1.29, 1.82) is 0 Å². The Morgan fingerprint density at radius 3 is 2.63 bits per heavy atom. The number of nitrogens with zero attached hydrogens (tertiary/aromatic N) is 3. The van der Waals surface area contributed by atoms with E-state index in [1.165, 1.54) is 24.8 Å². The minimum absolute atomic E-state index is 0.0248. The lowest BCUT2D eigenvalue weighted by Gasteiger charge is -2.34. The van der Waals surface area contributed by atoms with Crippen molar-refractivity contribution in [2.24, 2.45) is 22.6 Å². The number of benzene rings is 1. The van der Waals surface area contributed by atoms with Crippen LogP contribution in [0.15, 0.2) is 35.3 Å². The molecule has 0 aromatic heterocycles. The number of nitrogens with one attached hydrogen (secondary N) is 1. The molecule has 0 bridgehead atoms. The first kappa shape index (κ1) is 22.6. The predicted molar refractivity (Wildman–Crippen MR) is 123 cm³/mol. The summed E-state index contributed by atoms with van der Waals surface area (Å²) in [7, 11) is 0. The topological polar surface area (TPSA) is 74.0 Å². The van der Waals surface area contributed by atoms with E-state index >= 15 is 0 Å². The third kappa shape index (κ3) is 7.01. The van der Waals surface area contributed by atoms with Crippen LogP contribution in [0.3, 0.4) is 0 Å². The quantitative estimate of drug-likeness (QED) is 0.390. The van der Waals surface area contributed by atoms with Crippen LogP contribution in [0.4, 0.5) is 0 Å². The summed E-state index contributed by atoms with van der Waals surface area (Å²) in [4.78, 5) is 21.1. The zero-order valence-electron chi connectivity index (χ0n) is 18.6. The van der Waals surface area contributed by atoms with Crippen LogP contribution in [0.25, 0.3) is 0 Å².